The molecule has 0 aliphatic carbocycles. The molecule has 1 amide bonds. The number of nitrogens with two attached hydrogens (primary N) is 1. The average molecular weight is 355 g/mol. The zero-order valence-corrected chi connectivity index (χ0v) is 14.6. The maximum Gasteiger partial charge on any atom is 0.224 e. The first kappa shape index (κ1) is 18.7. The molecule has 134 valence electrons. The van der Waals surface area contributed by atoms with E-state index in [0.29, 0.717) is 44.1 Å². The molecule has 0 aromatic heterocycles. The first-order valence-corrected chi connectivity index (χ1v) is 9.83. The molecule has 0 spiro atoms. The second kappa shape index (κ2) is 9.00. The lowest BCUT2D eigenvalue weighted by atomic mass is 10.2. The highest BCUT2D eigenvalue weighted by Gasteiger charge is 2.24. The monoisotopic (exact) mass is 355 g/mol. The fraction of sp³-hybridized carbons (Fsp3) is 0.562. The predicted molar refractivity (Wildman–Crippen MR) is 93.4 cm³/mol. The number of sulfonamides is 1. The van der Waals surface area contributed by atoms with E-state index in [4.69, 9.17) is 10.5 Å². The number of nitrogens with zero attached hydrogens (tertiary/aromatic N) is 1. The van der Waals surface area contributed by atoms with Crippen molar-refractivity contribution in [2.45, 2.75) is 25.7 Å². The van der Waals surface area contributed by atoms with Crippen LogP contribution in [0.2, 0.25) is 0 Å². The zero-order valence-electron chi connectivity index (χ0n) is 13.7. The van der Waals surface area contributed by atoms with Crippen LogP contribution in [0, 0.1) is 0 Å². The van der Waals surface area contributed by atoms with E-state index in [1.807, 2.05) is 0 Å². The Hall–Kier alpha value is -1.64. The van der Waals surface area contributed by atoms with Gasteiger partial charge < -0.3 is 15.8 Å². The van der Waals surface area contributed by atoms with Gasteiger partial charge in [-0.15, -0.1) is 0 Å². The summed E-state index contributed by atoms with van der Waals surface area (Å²) in [5, 5.41) is 2.75. The number of ether oxygens (including phenoxy) is 1. The highest BCUT2D eigenvalue weighted by Crippen LogP contribution is 2.17. The Morgan fingerprint density at radius 2 is 1.88 bits per heavy atom. The number of amides is 1. The molecule has 1 saturated heterocycles. The van der Waals surface area contributed by atoms with Crippen molar-refractivity contribution in [3.05, 3.63) is 24.3 Å². The molecule has 1 heterocycles. The minimum atomic E-state index is -3.22. The van der Waals surface area contributed by atoms with E-state index in [1.54, 1.807) is 24.3 Å². The van der Waals surface area contributed by atoms with Crippen LogP contribution in [0.1, 0.15) is 25.7 Å². The molecule has 0 unspecified atom stereocenters. The number of benzene rings is 1. The Bertz CT molecular complexity index is 625. The lowest BCUT2D eigenvalue weighted by Crippen LogP contribution is -2.30. The standard InChI is InChI=1S/C16H25N3O4S/c17-9-12-23-15-7-5-14(6-8-15)18-16(20)4-3-13-24(21,22)19-10-1-2-11-19/h5-8H,1-4,9-13,17H2,(H,18,20). The fourth-order valence-corrected chi connectivity index (χ4v) is 4.13. The normalized spacial score (nSPS) is 15.4. The van der Waals surface area contributed by atoms with Gasteiger partial charge in [-0.3, -0.25) is 4.79 Å². The van der Waals surface area contributed by atoms with Gasteiger partial charge in [-0.2, -0.15) is 0 Å². The topological polar surface area (TPSA) is 102 Å². The second-order valence-corrected chi connectivity index (χ2v) is 7.82. The highest BCUT2D eigenvalue weighted by molar-refractivity contribution is 7.89. The van der Waals surface area contributed by atoms with E-state index in [0.717, 1.165) is 12.8 Å². The van der Waals surface area contributed by atoms with Gasteiger partial charge in [-0.25, -0.2) is 12.7 Å². The predicted octanol–water partition coefficient (Wildman–Crippen LogP) is 1.17. The van der Waals surface area contributed by atoms with Gasteiger partial charge in [-0.05, 0) is 43.5 Å². The van der Waals surface area contributed by atoms with Crippen molar-refractivity contribution in [2.75, 3.05) is 37.3 Å². The summed E-state index contributed by atoms with van der Waals surface area (Å²) in [5.41, 5.74) is 6.02. The highest BCUT2D eigenvalue weighted by atomic mass is 32.2. The molecule has 7 nitrogen and oxygen atoms in total. The molecule has 1 aliphatic rings. The van der Waals surface area contributed by atoms with Crippen LogP contribution in [0.5, 0.6) is 5.75 Å². The average Bonchev–Trinajstić information content (AvgIpc) is 3.09. The molecule has 0 bridgehead atoms. The van der Waals surface area contributed by atoms with Gasteiger partial charge in [0.25, 0.3) is 0 Å². The number of anilines is 1. The van der Waals surface area contributed by atoms with E-state index in [2.05, 4.69) is 5.32 Å². The van der Waals surface area contributed by atoms with Crippen molar-refractivity contribution in [1.82, 2.24) is 4.31 Å². The zero-order chi connectivity index (χ0) is 17.4. The first-order valence-electron chi connectivity index (χ1n) is 8.22. The Morgan fingerprint density at radius 1 is 1.21 bits per heavy atom. The van der Waals surface area contributed by atoms with Crippen LogP contribution in [-0.4, -0.2) is 50.6 Å². The van der Waals surface area contributed by atoms with Crippen molar-refractivity contribution >= 4 is 21.6 Å². The van der Waals surface area contributed by atoms with E-state index < -0.39 is 10.0 Å². The molecule has 24 heavy (non-hydrogen) atoms. The fourth-order valence-electron chi connectivity index (χ4n) is 2.55. The van der Waals surface area contributed by atoms with Crippen molar-refractivity contribution in [3.63, 3.8) is 0 Å². The summed E-state index contributed by atoms with van der Waals surface area (Å²) in [6, 6.07) is 6.99. The molecule has 0 radical (unpaired) electrons. The number of hydrogen-bond donors (Lipinski definition) is 2. The number of rotatable bonds is 9. The van der Waals surface area contributed by atoms with Gasteiger partial charge in [0.15, 0.2) is 0 Å². The van der Waals surface area contributed by atoms with Crippen molar-refractivity contribution < 1.29 is 17.9 Å². The molecule has 0 saturated carbocycles. The molecule has 2 rings (SSSR count). The number of carbonyl (C=O) groups is 1. The smallest absolute Gasteiger partial charge is 0.224 e. The first-order chi connectivity index (χ1) is 11.5. The summed E-state index contributed by atoms with van der Waals surface area (Å²) in [5.74, 6) is 0.518. The van der Waals surface area contributed by atoms with E-state index in [1.165, 1.54) is 4.31 Å². The molecule has 8 heteroatoms. The lowest BCUT2D eigenvalue weighted by molar-refractivity contribution is -0.116. The van der Waals surface area contributed by atoms with Crippen LogP contribution in [0.4, 0.5) is 5.69 Å². The molecule has 3 N–H and O–H groups in total. The summed E-state index contributed by atoms with van der Waals surface area (Å²) in [6.07, 6.45) is 2.34. The van der Waals surface area contributed by atoms with Gasteiger partial charge in [0, 0.05) is 31.7 Å². The van der Waals surface area contributed by atoms with Gasteiger partial charge >= 0.3 is 0 Å². The third-order valence-corrected chi connectivity index (χ3v) is 5.75. The number of carbonyl (C=O) groups excluding carboxylic acids is 1. The molecule has 1 fully saturated rings. The van der Waals surface area contributed by atoms with Gasteiger partial charge in [0.05, 0.1) is 5.75 Å². The largest absolute Gasteiger partial charge is 0.492 e. The van der Waals surface area contributed by atoms with Crippen LogP contribution < -0.4 is 15.8 Å². The van der Waals surface area contributed by atoms with Crippen LogP contribution in [0.15, 0.2) is 24.3 Å². The van der Waals surface area contributed by atoms with Crippen LogP contribution >= 0.6 is 0 Å². The second-order valence-electron chi connectivity index (χ2n) is 5.74. The van der Waals surface area contributed by atoms with Crippen molar-refractivity contribution in [3.8, 4) is 5.75 Å². The number of hydrogen-bond acceptors (Lipinski definition) is 5. The molecule has 0 atom stereocenters. The number of nitrogens with one attached hydrogen (secondary N) is 1. The van der Waals surface area contributed by atoms with Gasteiger partial charge in [0.2, 0.25) is 15.9 Å². The minimum Gasteiger partial charge on any atom is -0.492 e. The van der Waals surface area contributed by atoms with Gasteiger partial charge in [-0.1, -0.05) is 0 Å². The SMILES string of the molecule is NCCOc1ccc(NC(=O)CCCS(=O)(=O)N2CCCC2)cc1. The molecular weight excluding hydrogens is 330 g/mol. The quantitative estimate of drug-likeness (QED) is 0.692. The maximum absolute atomic E-state index is 12.1. The molecule has 1 aromatic rings. The summed E-state index contributed by atoms with van der Waals surface area (Å²) < 4.78 is 31.0. The molecule has 1 aliphatic heterocycles. The van der Waals surface area contributed by atoms with E-state index >= 15 is 0 Å². The van der Waals surface area contributed by atoms with Crippen LogP contribution in [0.3, 0.4) is 0 Å². The van der Waals surface area contributed by atoms with Crippen molar-refractivity contribution in [1.29, 1.82) is 0 Å². The maximum atomic E-state index is 12.1. The van der Waals surface area contributed by atoms with E-state index in [9.17, 15) is 13.2 Å². The summed E-state index contributed by atoms with van der Waals surface area (Å²) in [7, 11) is -3.22. The van der Waals surface area contributed by atoms with Crippen LogP contribution in [-0.2, 0) is 14.8 Å². The Labute approximate surface area is 143 Å². The lowest BCUT2D eigenvalue weighted by Gasteiger charge is -2.15. The summed E-state index contributed by atoms with van der Waals surface area (Å²) >= 11 is 0. The van der Waals surface area contributed by atoms with Crippen LogP contribution in [0.25, 0.3) is 0 Å². The van der Waals surface area contributed by atoms with Gasteiger partial charge in [0.1, 0.15) is 12.4 Å². The summed E-state index contributed by atoms with van der Waals surface area (Å²) in [6.45, 7) is 2.09. The Morgan fingerprint density at radius 3 is 2.50 bits per heavy atom. The third-order valence-electron chi connectivity index (χ3n) is 3.79. The molecular formula is C16H25N3O4S. The Kier molecular flexibility index (Phi) is 7.01. The van der Waals surface area contributed by atoms with E-state index in [-0.39, 0.29) is 18.1 Å². The van der Waals surface area contributed by atoms with Crippen molar-refractivity contribution in [2.24, 2.45) is 5.73 Å². The Balaban J connectivity index is 1.73. The summed E-state index contributed by atoms with van der Waals surface area (Å²) in [4.78, 5) is 11.9. The third kappa shape index (κ3) is 5.77. The molecule has 1 aromatic carbocycles. The minimum absolute atomic E-state index is 0.0201.